The van der Waals surface area contributed by atoms with Gasteiger partial charge in [0.15, 0.2) is 0 Å². The Balaban J connectivity index is 1.37. The van der Waals surface area contributed by atoms with Crippen molar-refractivity contribution in [2.45, 2.75) is 71.3 Å². The number of carbonyl (C=O) groups excluding carboxylic acids is 1. The van der Waals surface area contributed by atoms with Gasteiger partial charge < -0.3 is 5.32 Å². The zero-order chi connectivity index (χ0) is 19.4. The summed E-state index contributed by atoms with van der Waals surface area (Å²) in [5, 5.41) is 3.35. The molecule has 2 heterocycles. The fourth-order valence-electron chi connectivity index (χ4n) is 7.76. The maximum atomic E-state index is 12.0. The van der Waals surface area contributed by atoms with Crippen molar-refractivity contribution in [1.82, 2.24) is 10.3 Å². The molecule has 4 aliphatic rings. The number of allylic oxidation sites excluding steroid dienone is 1. The Kier molecular flexibility index (Phi) is 4.41. The molecule has 0 unspecified atom stereocenters. The normalized spacial score (nSPS) is 45.2. The van der Waals surface area contributed by atoms with E-state index in [0.29, 0.717) is 22.8 Å². The number of pyridine rings is 1. The van der Waals surface area contributed by atoms with Crippen LogP contribution >= 0.6 is 0 Å². The van der Waals surface area contributed by atoms with Gasteiger partial charge in [0.25, 0.3) is 0 Å². The largest absolute Gasteiger partial charge is 0.353 e. The van der Waals surface area contributed by atoms with Crippen molar-refractivity contribution in [1.29, 1.82) is 0 Å². The summed E-state index contributed by atoms with van der Waals surface area (Å²) < 4.78 is 0. The molecule has 1 amide bonds. The summed E-state index contributed by atoms with van der Waals surface area (Å²) in [5.74, 6) is 3.49. The molecule has 1 saturated heterocycles. The van der Waals surface area contributed by atoms with Crippen LogP contribution in [0.5, 0.6) is 0 Å². The molecule has 3 heteroatoms. The average Bonchev–Trinajstić information content (AvgIpc) is 3.04. The van der Waals surface area contributed by atoms with E-state index in [0.717, 1.165) is 30.6 Å². The highest BCUT2D eigenvalue weighted by molar-refractivity contribution is 5.77. The van der Waals surface area contributed by atoms with Gasteiger partial charge in [0.05, 0.1) is 0 Å². The summed E-state index contributed by atoms with van der Waals surface area (Å²) in [4.78, 5) is 16.1. The van der Waals surface area contributed by atoms with E-state index >= 15 is 0 Å². The predicted molar refractivity (Wildman–Crippen MR) is 112 cm³/mol. The topological polar surface area (TPSA) is 42.0 Å². The van der Waals surface area contributed by atoms with Crippen molar-refractivity contribution >= 4 is 12.0 Å². The van der Waals surface area contributed by atoms with Crippen molar-refractivity contribution in [3.05, 3.63) is 36.2 Å². The Bertz CT molecular complexity index is 774. The molecule has 0 radical (unpaired) electrons. The van der Waals surface area contributed by atoms with Gasteiger partial charge in [-0.1, -0.05) is 26.0 Å². The number of nitrogens with one attached hydrogen (secondary N) is 1. The van der Waals surface area contributed by atoms with E-state index in [1.54, 1.807) is 0 Å². The smallest absolute Gasteiger partial charge is 0.220 e. The maximum Gasteiger partial charge on any atom is 0.220 e. The Morgan fingerprint density at radius 1 is 1.00 bits per heavy atom. The van der Waals surface area contributed by atoms with Crippen LogP contribution < -0.4 is 5.32 Å². The van der Waals surface area contributed by atoms with Crippen LogP contribution in [0.15, 0.2) is 30.6 Å². The zero-order valence-corrected chi connectivity index (χ0v) is 17.4. The first-order valence-electron chi connectivity index (χ1n) is 11.4. The van der Waals surface area contributed by atoms with Crippen molar-refractivity contribution in [2.75, 3.05) is 0 Å². The van der Waals surface area contributed by atoms with Gasteiger partial charge in [0.2, 0.25) is 5.91 Å². The minimum atomic E-state index is 0.281. The molecular weight excluding hydrogens is 344 g/mol. The first-order chi connectivity index (χ1) is 13.5. The molecule has 150 valence electrons. The van der Waals surface area contributed by atoms with Crippen molar-refractivity contribution in [2.24, 2.45) is 34.5 Å². The number of amides is 1. The summed E-state index contributed by atoms with van der Waals surface area (Å²) in [6.07, 6.45) is 18.3. The van der Waals surface area contributed by atoms with Gasteiger partial charge in [-0.25, -0.2) is 0 Å². The molecular formula is C25H34N2O. The second-order valence-corrected chi connectivity index (χ2v) is 10.4. The van der Waals surface area contributed by atoms with Crippen molar-refractivity contribution in [3.63, 3.8) is 0 Å². The van der Waals surface area contributed by atoms with Gasteiger partial charge in [-0.05, 0) is 97.1 Å². The molecule has 3 saturated carbocycles. The van der Waals surface area contributed by atoms with Gasteiger partial charge in [0, 0.05) is 24.9 Å². The highest BCUT2D eigenvalue weighted by atomic mass is 16.1. The molecule has 0 spiro atoms. The van der Waals surface area contributed by atoms with Crippen LogP contribution in [0.4, 0.5) is 0 Å². The molecule has 1 aromatic heterocycles. The Morgan fingerprint density at radius 2 is 1.79 bits per heavy atom. The third-order valence-corrected chi connectivity index (χ3v) is 9.40. The lowest BCUT2D eigenvalue weighted by molar-refractivity contribution is -0.136. The minimum absolute atomic E-state index is 0.281. The maximum absolute atomic E-state index is 12.0. The summed E-state index contributed by atoms with van der Waals surface area (Å²) >= 11 is 0. The molecule has 3 nitrogen and oxygen atoms in total. The number of nitrogens with zero attached hydrogens (tertiary/aromatic N) is 1. The van der Waals surface area contributed by atoms with Crippen LogP contribution in [0.1, 0.15) is 70.8 Å². The van der Waals surface area contributed by atoms with Gasteiger partial charge >= 0.3 is 0 Å². The van der Waals surface area contributed by atoms with Crippen molar-refractivity contribution < 1.29 is 4.79 Å². The van der Waals surface area contributed by atoms with E-state index in [9.17, 15) is 4.79 Å². The first kappa shape index (κ1) is 18.4. The molecule has 1 N–H and O–H groups in total. The molecule has 0 aromatic carbocycles. The van der Waals surface area contributed by atoms with Gasteiger partial charge in [-0.15, -0.1) is 0 Å². The van der Waals surface area contributed by atoms with Crippen LogP contribution in [0, 0.1) is 34.5 Å². The fraction of sp³-hybridized carbons (Fsp3) is 0.680. The zero-order valence-electron chi connectivity index (χ0n) is 17.4. The van der Waals surface area contributed by atoms with E-state index in [1.807, 2.05) is 12.4 Å². The van der Waals surface area contributed by atoms with Crippen LogP contribution in [-0.4, -0.2) is 16.9 Å². The van der Waals surface area contributed by atoms with Gasteiger partial charge in [-0.3, -0.25) is 9.78 Å². The lowest BCUT2D eigenvalue weighted by Crippen LogP contribution is -2.61. The average molecular weight is 379 g/mol. The van der Waals surface area contributed by atoms with Crippen molar-refractivity contribution in [3.8, 4) is 0 Å². The lowest BCUT2D eigenvalue weighted by atomic mass is 9.47. The number of hydrogen-bond donors (Lipinski definition) is 1. The summed E-state index contributed by atoms with van der Waals surface area (Å²) in [5.41, 5.74) is 2.04. The fourth-order valence-corrected chi connectivity index (χ4v) is 7.76. The summed E-state index contributed by atoms with van der Waals surface area (Å²) in [6, 6.07) is 4.62. The van der Waals surface area contributed by atoms with E-state index < -0.39 is 0 Å². The summed E-state index contributed by atoms with van der Waals surface area (Å²) in [7, 11) is 0. The molecule has 5 rings (SSSR count). The van der Waals surface area contributed by atoms with Crippen LogP contribution in [-0.2, 0) is 4.79 Å². The number of fused-ring (bicyclic) bond motifs is 5. The minimum Gasteiger partial charge on any atom is -0.353 e. The van der Waals surface area contributed by atoms with E-state index in [-0.39, 0.29) is 5.91 Å². The molecule has 7 atom stereocenters. The van der Waals surface area contributed by atoms with E-state index in [2.05, 4.69) is 48.4 Å². The monoisotopic (exact) mass is 378 g/mol. The van der Waals surface area contributed by atoms with Gasteiger partial charge in [-0.2, -0.15) is 0 Å². The Labute approximate surface area is 169 Å². The van der Waals surface area contributed by atoms with Crippen LogP contribution in [0.2, 0.25) is 0 Å². The molecule has 0 bridgehead atoms. The quantitative estimate of drug-likeness (QED) is 0.765. The van der Waals surface area contributed by atoms with E-state index in [4.69, 9.17) is 0 Å². The van der Waals surface area contributed by atoms with E-state index in [1.165, 1.54) is 44.1 Å². The molecule has 1 aliphatic heterocycles. The third kappa shape index (κ3) is 2.76. The summed E-state index contributed by atoms with van der Waals surface area (Å²) in [6.45, 7) is 5.08. The van der Waals surface area contributed by atoms with Crippen LogP contribution in [0.3, 0.4) is 0 Å². The Hall–Kier alpha value is -1.64. The number of rotatable bonds is 2. The number of hydrogen-bond acceptors (Lipinski definition) is 2. The number of carbonyl (C=O) groups is 1. The molecule has 28 heavy (non-hydrogen) atoms. The van der Waals surface area contributed by atoms with Gasteiger partial charge in [0.1, 0.15) is 0 Å². The highest BCUT2D eigenvalue weighted by Gasteiger charge is 2.59. The predicted octanol–water partition coefficient (Wildman–Crippen LogP) is 5.23. The Morgan fingerprint density at radius 3 is 2.61 bits per heavy atom. The first-order valence-corrected chi connectivity index (χ1v) is 11.4. The molecule has 1 aromatic rings. The lowest BCUT2D eigenvalue weighted by Gasteiger charge is -2.60. The molecule has 4 fully saturated rings. The molecule has 3 aliphatic carbocycles. The SMILES string of the molecule is C[C@]12CCC(=O)N[C@@H]1CC[C@@H]1[C@@H]2CC[C@]2(C)[C@@H](/C=C/c3ccncc3)CC[C@@H]12. The second kappa shape index (κ2) is 6.71. The van der Waals surface area contributed by atoms with Crippen LogP contribution in [0.25, 0.3) is 6.08 Å². The number of piperidine rings is 1. The standard InChI is InChI=1S/C25H34N2O/c1-24-13-9-21-19(6-8-22-25(21,2)14-10-23(28)27-22)20(24)7-5-18(24)4-3-17-11-15-26-16-12-17/h3-4,11-12,15-16,18-22H,5-10,13-14H2,1-2H3,(H,27,28)/b4-3+/t18-,19-,20-,21-,22+,24+,25+/m0/s1. The second-order valence-electron chi connectivity index (χ2n) is 10.4. The highest BCUT2D eigenvalue weighted by Crippen LogP contribution is 2.65. The number of aromatic nitrogens is 1. The third-order valence-electron chi connectivity index (χ3n) is 9.40.